The molecule has 318 valence electrons. The maximum Gasteiger partial charge on any atom is 0.258 e. The number of rotatable bonds is 14. The van der Waals surface area contributed by atoms with E-state index in [1.165, 1.54) is 48.5 Å². The van der Waals surface area contributed by atoms with Gasteiger partial charge in [0.15, 0.2) is 11.6 Å². The van der Waals surface area contributed by atoms with E-state index >= 15 is 0 Å². The minimum atomic E-state index is -1.71. The van der Waals surface area contributed by atoms with E-state index in [1.54, 1.807) is 36.4 Å². The van der Waals surface area contributed by atoms with Crippen molar-refractivity contribution < 1.29 is 28.8 Å². The lowest BCUT2D eigenvalue weighted by atomic mass is 10.1. The SMILES string of the molecule is CC(=O)C(N=Nc1cc(Cl)cc(C(=O)Nc2cccc(Cl)c2Cl)c1)C(=O)Nc1cc(Cl)c(NC(=O)C(N=Nc2cc(Cl)cc(C(=O)Nc3cccc(Cl)c3Cl)c2)C(C)=O)c(Cl)c1. The third-order valence-corrected chi connectivity index (χ3v) is 10.8. The van der Waals surface area contributed by atoms with Crippen LogP contribution in [0.1, 0.15) is 34.6 Å². The molecule has 4 amide bonds. The molecule has 0 saturated heterocycles. The number of halogens is 8. The highest BCUT2D eigenvalue weighted by Crippen LogP contribution is 2.35. The van der Waals surface area contributed by atoms with Crippen LogP contribution in [0, 0.1) is 0 Å². The van der Waals surface area contributed by atoms with Crippen LogP contribution in [0.5, 0.6) is 0 Å². The van der Waals surface area contributed by atoms with Crippen LogP contribution in [-0.2, 0) is 19.2 Å². The topological polar surface area (TPSA) is 200 Å². The van der Waals surface area contributed by atoms with E-state index in [1.807, 2.05) is 0 Å². The van der Waals surface area contributed by atoms with Gasteiger partial charge >= 0.3 is 0 Å². The molecule has 0 saturated carbocycles. The Morgan fingerprint density at radius 2 is 0.887 bits per heavy atom. The zero-order valence-electron chi connectivity index (χ0n) is 31.5. The Balaban J connectivity index is 1.27. The quantitative estimate of drug-likeness (QED) is 0.0630. The molecule has 0 bridgehead atoms. The normalized spacial score (nSPS) is 12.2. The fourth-order valence-electron chi connectivity index (χ4n) is 5.17. The van der Waals surface area contributed by atoms with E-state index in [2.05, 4.69) is 41.7 Å². The standard InChI is InChI=1S/C40H26Cl8N8O6/c1-17(57)34(55-53-24-11-19(9-21(41)13-24)37(59)50-30-7-3-5-26(43)32(30)47)39(61)49-23-15-28(45)36(29(46)16-23)52-40(62)35(18(2)58)56-54-25-12-20(10-22(42)14-25)38(60)51-31-8-4-6-27(44)33(31)48/h3-16,34-35H,1-2H3,(H,49,61)(H,50,59)(H,51,60)(H,52,62). The Morgan fingerprint density at radius 1 is 0.484 bits per heavy atom. The first kappa shape index (κ1) is 47.9. The largest absolute Gasteiger partial charge is 0.324 e. The zero-order chi connectivity index (χ0) is 45.4. The maximum atomic E-state index is 13.3. The van der Waals surface area contributed by atoms with E-state index in [4.69, 9.17) is 92.8 Å². The lowest BCUT2D eigenvalue weighted by Crippen LogP contribution is -2.32. The van der Waals surface area contributed by atoms with Crippen molar-refractivity contribution in [1.82, 2.24) is 0 Å². The molecule has 14 nitrogen and oxygen atoms in total. The molecule has 0 fully saturated rings. The van der Waals surface area contributed by atoms with Crippen LogP contribution in [0.3, 0.4) is 0 Å². The van der Waals surface area contributed by atoms with Gasteiger partial charge in [0.2, 0.25) is 12.1 Å². The molecule has 0 aliphatic heterocycles. The van der Waals surface area contributed by atoms with Gasteiger partial charge in [-0.2, -0.15) is 20.5 Å². The molecule has 4 N–H and O–H groups in total. The number of azo groups is 2. The van der Waals surface area contributed by atoms with Crippen LogP contribution in [-0.4, -0.2) is 47.3 Å². The molecule has 0 aliphatic rings. The fraction of sp³-hybridized carbons (Fsp3) is 0.100. The molecular formula is C40H26Cl8N8O6. The average Bonchev–Trinajstić information content (AvgIpc) is 3.19. The molecule has 0 spiro atoms. The average molecular weight is 998 g/mol. The molecule has 2 atom stereocenters. The van der Waals surface area contributed by atoms with Crippen molar-refractivity contribution in [2.24, 2.45) is 20.5 Å². The Morgan fingerprint density at radius 3 is 1.29 bits per heavy atom. The Kier molecular flexibility index (Phi) is 16.4. The highest BCUT2D eigenvalue weighted by atomic mass is 35.5. The lowest BCUT2D eigenvalue weighted by Gasteiger charge is -2.15. The van der Waals surface area contributed by atoms with Crippen LogP contribution in [0.4, 0.5) is 34.1 Å². The number of ketones is 2. The molecule has 0 heterocycles. The third-order valence-electron chi connectivity index (χ3n) is 8.09. The van der Waals surface area contributed by atoms with Gasteiger partial charge in [-0.3, -0.25) is 28.8 Å². The number of carbonyl (C=O) groups is 6. The van der Waals surface area contributed by atoms with Crippen molar-refractivity contribution in [2.75, 3.05) is 21.3 Å². The van der Waals surface area contributed by atoms with Crippen molar-refractivity contribution in [2.45, 2.75) is 25.9 Å². The number of nitrogens with zero attached hydrogens (tertiary/aromatic N) is 4. The summed E-state index contributed by atoms with van der Waals surface area (Å²) in [4.78, 5) is 77.6. The van der Waals surface area contributed by atoms with E-state index in [0.717, 1.165) is 13.8 Å². The molecule has 5 rings (SSSR count). The summed E-state index contributed by atoms with van der Waals surface area (Å²) in [5.74, 6) is -4.57. The number of carbonyl (C=O) groups excluding carboxylic acids is 6. The number of benzene rings is 5. The number of anilines is 4. The third kappa shape index (κ3) is 12.5. The number of Topliss-reactive ketones (excluding diaryl/α,β-unsaturated/α-hetero) is 2. The zero-order valence-corrected chi connectivity index (χ0v) is 37.5. The van der Waals surface area contributed by atoms with Crippen molar-refractivity contribution in [3.8, 4) is 0 Å². The first-order valence-electron chi connectivity index (χ1n) is 17.4. The molecule has 0 aromatic heterocycles. The smallest absolute Gasteiger partial charge is 0.258 e. The molecule has 22 heteroatoms. The summed E-state index contributed by atoms with van der Waals surface area (Å²) in [6.45, 7) is 2.21. The summed E-state index contributed by atoms with van der Waals surface area (Å²) in [5, 5.41) is 26.3. The molecule has 5 aromatic rings. The van der Waals surface area contributed by atoms with Crippen LogP contribution in [0.25, 0.3) is 0 Å². The van der Waals surface area contributed by atoms with Gasteiger partial charge < -0.3 is 21.3 Å². The summed E-state index contributed by atoms with van der Waals surface area (Å²) in [6, 6.07) is 16.4. The molecule has 0 aliphatic carbocycles. The van der Waals surface area contributed by atoms with Crippen LogP contribution in [0.15, 0.2) is 105 Å². The summed E-state index contributed by atoms with van der Waals surface area (Å²) in [5.41, 5.74) is 0.495. The van der Waals surface area contributed by atoms with Crippen molar-refractivity contribution >= 4 is 162 Å². The van der Waals surface area contributed by atoms with Crippen LogP contribution in [0.2, 0.25) is 40.2 Å². The highest BCUT2D eigenvalue weighted by Gasteiger charge is 2.27. The minimum Gasteiger partial charge on any atom is -0.324 e. The summed E-state index contributed by atoms with van der Waals surface area (Å²) in [6.07, 6.45) is 0. The second-order valence-electron chi connectivity index (χ2n) is 12.8. The predicted molar refractivity (Wildman–Crippen MR) is 243 cm³/mol. The van der Waals surface area contributed by atoms with Gasteiger partial charge in [0, 0.05) is 26.9 Å². The molecule has 2 unspecified atom stereocenters. The van der Waals surface area contributed by atoms with Gasteiger partial charge in [0.1, 0.15) is 0 Å². The highest BCUT2D eigenvalue weighted by molar-refractivity contribution is 6.45. The van der Waals surface area contributed by atoms with Crippen molar-refractivity contribution in [3.05, 3.63) is 136 Å². The van der Waals surface area contributed by atoms with E-state index < -0.39 is 47.3 Å². The fourth-order valence-corrected chi connectivity index (χ4v) is 6.90. The van der Waals surface area contributed by atoms with E-state index in [0.29, 0.717) is 0 Å². The lowest BCUT2D eigenvalue weighted by molar-refractivity contribution is -0.127. The Bertz CT molecular complexity index is 2690. The molecule has 0 radical (unpaired) electrons. The minimum absolute atomic E-state index is 0.00734. The molecular weight excluding hydrogens is 972 g/mol. The van der Waals surface area contributed by atoms with Gasteiger partial charge in [-0.1, -0.05) is 105 Å². The van der Waals surface area contributed by atoms with Crippen LogP contribution >= 0.6 is 92.8 Å². The maximum absolute atomic E-state index is 13.3. The Hall–Kier alpha value is -5.16. The first-order chi connectivity index (χ1) is 29.3. The number of amides is 4. The van der Waals surface area contributed by atoms with Crippen LogP contribution < -0.4 is 21.3 Å². The first-order valence-corrected chi connectivity index (χ1v) is 20.4. The van der Waals surface area contributed by atoms with Crippen molar-refractivity contribution in [1.29, 1.82) is 0 Å². The number of hydrogen-bond acceptors (Lipinski definition) is 10. The van der Waals surface area contributed by atoms with E-state index in [9.17, 15) is 28.8 Å². The summed E-state index contributed by atoms with van der Waals surface area (Å²) < 4.78 is 0. The van der Waals surface area contributed by atoms with Gasteiger partial charge in [0.25, 0.3) is 23.6 Å². The van der Waals surface area contributed by atoms with Gasteiger partial charge in [0.05, 0.1) is 58.6 Å². The monoisotopic (exact) mass is 994 g/mol. The molecule has 62 heavy (non-hydrogen) atoms. The van der Waals surface area contributed by atoms with Gasteiger partial charge in [-0.25, -0.2) is 0 Å². The summed E-state index contributed by atoms with van der Waals surface area (Å²) in [7, 11) is 0. The second kappa shape index (κ2) is 21.3. The van der Waals surface area contributed by atoms with E-state index in [-0.39, 0.29) is 85.4 Å². The van der Waals surface area contributed by atoms with Gasteiger partial charge in [-0.15, -0.1) is 0 Å². The second-order valence-corrected chi connectivity index (χ2v) is 16.0. The van der Waals surface area contributed by atoms with Crippen molar-refractivity contribution in [3.63, 3.8) is 0 Å². The van der Waals surface area contributed by atoms with Gasteiger partial charge in [-0.05, 0) is 86.6 Å². The number of nitrogens with one attached hydrogen (secondary N) is 4. The summed E-state index contributed by atoms with van der Waals surface area (Å²) >= 11 is 49.7. The Labute approximate surface area is 392 Å². The number of hydrogen-bond donors (Lipinski definition) is 4. The molecule has 5 aromatic carbocycles. The predicted octanol–water partition coefficient (Wildman–Crippen LogP) is 12.8.